The minimum Gasteiger partial charge on any atom is -0.332 e. The number of nitrogens with zero attached hydrogens (tertiary/aromatic N) is 3. The smallest absolute Gasteiger partial charge is 0.318 e. The summed E-state index contributed by atoms with van der Waals surface area (Å²) < 4.78 is 2.27. The molecule has 0 bridgehead atoms. The maximum absolute atomic E-state index is 12.6. The first-order valence-electron chi connectivity index (χ1n) is 9.41. The van der Waals surface area contributed by atoms with E-state index in [0.29, 0.717) is 13.1 Å². The van der Waals surface area contributed by atoms with Crippen LogP contribution < -0.4 is 5.32 Å². The van der Waals surface area contributed by atoms with Crippen molar-refractivity contribution in [3.63, 3.8) is 0 Å². The molecule has 0 spiro atoms. The van der Waals surface area contributed by atoms with Crippen LogP contribution in [0.25, 0.3) is 0 Å². The van der Waals surface area contributed by atoms with E-state index in [1.807, 2.05) is 11.1 Å². The number of fused-ring (bicyclic) bond motifs is 2. The van der Waals surface area contributed by atoms with Crippen LogP contribution in [0.5, 0.6) is 0 Å². The van der Waals surface area contributed by atoms with Gasteiger partial charge in [-0.3, -0.25) is 0 Å². The average molecular weight is 338 g/mol. The number of amides is 2. The highest BCUT2D eigenvalue weighted by Crippen LogP contribution is 2.21. The number of imidazole rings is 1. The quantitative estimate of drug-likeness (QED) is 0.935. The first-order valence-corrected chi connectivity index (χ1v) is 9.41. The fraction of sp³-hybridized carbons (Fsp3) is 0.500. The third-order valence-electron chi connectivity index (χ3n) is 5.45. The van der Waals surface area contributed by atoms with Crippen LogP contribution in [0.2, 0.25) is 0 Å². The van der Waals surface area contributed by atoms with E-state index in [4.69, 9.17) is 0 Å². The molecule has 2 amide bonds. The predicted molar refractivity (Wildman–Crippen MR) is 97.3 cm³/mol. The summed E-state index contributed by atoms with van der Waals surface area (Å²) in [5, 5.41) is 3.08. The van der Waals surface area contributed by atoms with Crippen molar-refractivity contribution in [1.82, 2.24) is 19.8 Å². The van der Waals surface area contributed by atoms with Gasteiger partial charge in [0, 0.05) is 26.1 Å². The summed E-state index contributed by atoms with van der Waals surface area (Å²) in [6.07, 6.45) is 7.39. The molecule has 0 saturated heterocycles. The first-order chi connectivity index (χ1) is 12.2. The monoisotopic (exact) mass is 338 g/mol. The number of carbonyl (C=O) groups is 1. The van der Waals surface area contributed by atoms with Gasteiger partial charge in [0.2, 0.25) is 0 Å². The van der Waals surface area contributed by atoms with Crippen molar-refractivity contribution in [1.29, 1.82) is 0 Å². The highest BCUT2D eigenvalue weighted by molar-refractivity contribution is 5.74. The summed E-state index contributed by atoms with van der Waals surface area (Å²) in [7, 11) is 0. The lowest BCUT2D eigenvalue weighted by molar-refractivity contribution is 0.191. The van der Waals surface area contributed by atoms with Crippen LogP contribution in [0.1, 0.15) is 48.0 Å². The summed E-state index contributed by atoms with van der Waals surface area (Å²) in [4.78, 5) is 19.0. The van der Waals surface area contributed by atoms with E-state index in [9.17, 15) is 4.79 Å². The highest BCUT2D eigenvalue weighted by atomic mass is 16.2. The molecule has 0 unspecified atom stereocenters. The first kappa shape index (κ1) is 16.2. The number of urea groups is 1. The normalized spacial score (nSPS) is 16.3. The van der Waals surface area contributed by atoms with Crippen LogP contribution >= 0.6 is 0 Å². The molecule has 25 heavy (non-hydrogen) atoms. The van der Waals surface area contributed by atoms with Crippen LogP contribution in [0.15, 0.2) is 24.4 Å². The van der Waals surface area contributed by atoms with Crippen molar-refractivity contribution in [2.45, 2.75) is 58.7 Å². The van der Waals surface area contributed by atoms with Crippen molar-refractivity contribution in [2.24, 2.45) is 0 Å². The molecule has 1 aromatic heterocycles. The Morgan fingerprint density at radius 2 is 2.12 bits per heavy atom. The Labute approximate surface area is 149 Å². The molecule has 2 aromatic rings. The summed E-state index contributed by atoms with van der Waals surface area (Å²) in [5.74, 6) is 1.16. The van der Waals surface area contributed by atoms with Gasteiger partial charge in [-0.15, -0.1) is 0 Å². The Hall–Kier alpha value is -2.30. The van der Waals surface area contributed by atoms with E-state index in [0.717, 1.165) is 43.9 Å². The summed E-state index contributed by atoms with van der Waals surface area (Å²) in [5.41, 5.74) is 5.17. The largest absolute Gasteiger partial charge is 0.332 e. The molecule has 0 saturated carbocycles. The van der Waals surface area contributed by atoms with Crippen molar-refractivity contribution >= 4 is 6.03 Å². The molecule has 5 heteroatoms. The second kappa shape index (κ2) is 6.90. The summed E-state index contributed by atoms with van der Waals surface area (Å²) >= 11 is 0. The Balaban J connectivity index is 1.38. The number of carbonyl (C=O) groups excluding carboxylic acids is 1. The van der Waals surface area contributed by atoms with Crippen molar-refractivity contribution in [2.75, 3.05) is 6.54 Å². The second-order valence-electron chi connectivity index (χ2n) is 7.06. The van der Waals surface area contributed by atoms with Gasteiger partial charge in [0.15, 0.2) is 0 Å². The number of benzene rings is 1. The fourth-order valence-electron chi connectivity index (χ4n) is 3.90. The Bertz CT molecular complexity index is 780. The van der Waals surface area contributed by atoms with Crippen LogP contribution in [-0.4, -0.2) is 27.0 Å². The average Bonchev–Trinajstić information content (AvgIpc) is 3.08. The van der Waals surface area contributed by atoms with Gasteiger partial charge in [0.25, 0.3) is 0 Å². The third kappa shape index (κ3) is 3.28. The van der Waals surface area contributed by atoms with Gasteiger partial charge >= 0.3 is 6.03 Å². The molecular formula is C20H26N4O. The van der Waals surface area contributed by atoms with E-state index < -0.39 is 0 Å². The number of nitrogens with one attached hydrogen (secondary N) is 1. The number of hydrogen-bond acceptors (Lipinski definition) is 2. The minimum atomic E-state index is 0.0246. The van der Waals surface area contributed by atoms with Gasteiger partial charge in [-0.2, -0.15) is 0 Å². The minimum absolute atomic E-state index is 0.0246. The maximum atomic E-state index is 12.6. The summed E-state index contributed by atoms with van der Waals surface area (Å²) in [6.45, 7) is 5.26. The number of aryl methyl sites for hydroxylation is 2. The molecule has 5 nitrogen and oxygen atoms in total. The lowest BCUT2D eigenvalue weighted by Crippen LogP contribution is -2.42. The molecular weight excluding hydrogens is 312 g/mol. The SMILES string of the molecule is CCc1ccc2c(c1)CCN(C(=O)NCc1cnc3n1CCCC3)C2. The number of rotatable bonds is 3. The van der Waals surface area contributed by atoms with Gasteiger partial charge < -0.3 is 14.8 Å². The predicted octanol–water partition coefficient (Wildman–Crippen LogP) is 3.05. The van der Waals surface area contributed by atoms with E-state index in [1.165, 1.54) is 29.5 Å². The van der Waals surface area contributed by atoms with Gasteiger partial charge in [0.1, 0.15) is 5.82 Å². The summed E-state index contributed by atoms with van der Waals surface area (Å²) in [6, 6.07) is 6.68. The van der Waals surface area contributed by atoms with E-state index >= 15 is 0 Å². The zero-order valence-corrected chi connectivity index (χ0v) is 14.9. The molecule has 132 valence electrons. The topological polar surface area (TPSA) is 50.2 Å². The molecule has 4 rings (SSSR count). The van der Waals surface area contributed by atoms with Crippen molar-refractivity contribution < 1.29 is 4.79 Å². The zero-order valence-electron chi connectivity index (χ0n) is 14.9. The van der Waals surface area contributed by atoms with Gasteiger partial charge in [-0.25, -0.2) is 9.78 Å². The van der Waals surface area contributed by atoms with Gasteiger partial charge in [-0.05, 0) is 42.4 Å². The van der Waals surface area contributed by atoms with E-state index in [2.05, 4.69) is 40.0 Å². The lowest BCUT2D eigenvalue weighted by Gasteiger charge is -2.29. The number of aromatic nitrogens is 2. The van der Waals surface area contributed by atoms with E-state index in [1.54, 1.807) is 0 Å². The fourth-order valence-corrected chi connectivity index (χ4v) is 3.90. The Morgan fingerprint density at radius 3 is 3.00 bits per heavy atom. The van der Waals surface area contributed by atoms with Crippen LogP contribution in [-0.2, 0) is 38.9 Å². The number of hydrogen-bond donors (Lipinski definition) is 1. The molecule has 2 aliphatic rings. The van der Waals surface area contributed by atoms with Crippen molar-refractivity contribution in [3.8, 4) is 0 Å². The second-order valence-corrected chi connectivity index (χ2v) is 7.06. The molecule has 2 aliphatic heterocycles. The highest BCUT2D eigenvalue weighted by Gasteiger charge is 2.21. The molecule has 1 aromatic carbocycles. The van der Waals surface area contributed by atoms with Crippen LogP contribution in [0.3, 0.4) is 0 Å². The van der Waals surface area contributed by atoms with E-state index in [-0.39, 0.29) is 6.03 Å². The molecule has 1 N–H and O–H groups in total. The molecule has 3 heterocycles. The molecule has 0 aliphatic carbocycles. The van der Waals surface area contributed by atoms with Gasteiger partial charge in [-0.1, -0.05) is 25.1 Å². The molecule has 0 atom stereocenters. The Morgan fingerprint density at radius 1 is 1.20 bits per heavy atom. The standard InChI is InChI=1S/C20H26N4O/c1-2-15-6-7-17-14-23(10-8-16(17)11-15)20(25)22-13-18-12-21-19-5-3-4-9-24(18)19/h6-7,11-12H,2-5,8-10,13-14H2,1H3,(H,22,25). The molecule has 0 radical (unpaired) electrons. The van der Waals surface area contributed by atoms with Crippen molar-refractivity contribution in [3.05, 3.63) is 52.6 Å². The Kier molecular flexibility index (Phi) is 4.47. The van der Waals surface area contributed by atoms with Crippen LogP contribution in [0, 0.1) is 0 Å². The third-order valence-corrected chi connectivity index (χ3v) is 5.45. The maximum Gasteiger partial charge on any atom is 0.318 e. The van der Waals surface area contributed by atoms with Gasteiger partial charge in [0.05, 0.1) is 18.4 Å². The zero-order chi connectivity index (χ0) is 17.2. The van der Waals surface area contributed by atoms with Crippen LogP contribution in [0.4, 0.5) is 4.79 Å². The molecule has 0 fully saturated rings. The lowest BCUT2D eigenvalue weighted by atomic mass is 9.97.